The van der Waals surface area contributed by atoms with Crippen LogP contribution in [0.1, 0.15) is 17.7 Å². The standard InChI is InChI=1S/C28H22F2N6OS/c29-18-4-6-22(20(30)13-18)36-28(32-16-33-36)25-14-19-24(38-25)9-12-37-23-7-5-21(34-27(19)23)17-3-8-26(31-15-17)35-10-1-2-11-35/h3-8,13-16H,1-2,9-12H2. The lowest BCUT2D eigenvalue weighted by Crippen LogP contribution is -2.18. The molecule has 0 radical (unpaired) electrons. The normalized spacial score (nSPS) is 14.6. The van der Waals surface area contributed by atoms with E-state index < -0.39 is 11.6 Å². The molecular weight excluding hydrogens is 506 g/mol. The molecule has 5 aromatic rings. The minimum absolute atomic E-state index is 0.136. The number of pyridine rings is 2. The number of benzene rings is 1. The summed E-state index contributed by atoms with van der Waals surface area (Å²) in [4.78, 5) is 18.3. The molecule has 38 heavy (non-hydrogen) atoms. The van der Waals surface area contributed by atoms with Crippen LogP contribution in [0.4, 0.5) is 14.6 Å². The molecule has 0 amide bonds. The smallest absolute Gasteiger partial charge is 0.173 e. The molecule has 2 aliphatic rings. The third-order valence-electron chi connectivity index (χ3n) is 6.89. The summed E-state index contributed by atoms with van der Waals surface area (Å²) in [6, 6.07) is 13.4. The summed E-state index contributed by atoms with van der Waals surface area (Å²) in [7, 11) is 0. The van der Waals surface area contributed by atoms with Crippen molar-refractivity contribution in [2.75, 3.05) is 24.6 Å². The van der Waals surface area contributed by atoms with Gasteiger partial charge in [0.1, 0.15) is 35.1 Å². The number of hydrogen-bond acceptors (Lipinski definition) is 7. The van der Waals surface area contributed by atoms with Crippen molar-refractivity contribution >= 4 is 17.2 Å². The second kappa shape index (κ2) is 9.29. The molecule has 1 saturated heterocycles. The van der Waals surface area contributed by atoms with Gasteiger partial charge >= 0.3 is 0 Å². The maximum atomic E-state index is 14.5. The summed E-state index contributed by atoms with van der Waals surface area (Å²) in [6.45, 7) is 2.61. The highest BCUT2D eigenvalue weighted by Gasteiger charge is 2.24. The fourth-order valence-corrected chi connectivity index (χ4v) is 6.13. The molecule has 190 valence electrons. The Labute approximate surface area is 221 Å². The fraction of sp³-hybridized carbons (Fsp3) is 0.214. The zero-order chi connectivity index (χ0) is 25.6. The molecule has 7 rings (SSSR count). The molecule has 7 nitrogen and oxygen atoms in total. The lowest BCUT2D eigenvalue weighted by molar-refractivity contribution is 0.326. The Hall–Kier alpha value is -4.18. The highest BCUT2D eigenvalue weighted by Crippen LogP contribution is 2.42. The van der Waals surface area contributed by atoms with Crippen molar-refractivity contribution in [3.8, 4) is 44.7 Å². The third-order valence-corrected chi connectivity index (χ3v) is 8.08. The van der Waals surface area contributed by atoms with Gasteiger partial charge in [-0.25, -0.2) is 28.4 Å². The van der Waals surface area contributed by atoms with Gasteiger partial charge in [-0.15, -0.1) is 11.3 Å². The molecule has 6 heterocycles. The van der Waals surface area contributed by atoms with E-state index in [0.29, 0.717) is 24.6 Å². The molecule has 0 saturated carbocycles. The van der Waals surface area contributed by atoms with Crippen molar-refractivity contribution in [1.82, 2.24) is 24.7 Å². The van der Waals surface area contributed by atoms with Crippen molar-refractivity contribution in [3.05, 3.63) is 77.6 Å². The molecule has 1 aromatic carbocycles. The molecule has 1 fully saturated rings. The van der Waals surface area contributed by atoms with E-state index in [1.165, 1.54) is 36.0 Å². The number of thiophene rings is 1. The first kappa shape index (κ1) is 23.0. The molecular formula is C28H22F2N6OS. The lowest BCUT2D eigenvalue weighted by Gasteiger charge is -2.16. The van der Waals surface area contributed by atoms with E-state index in [2.05, 4.69) is 32.1 Å². The summed E-state index contributed by atoms with van der Waals surface area (Å²) in [6.07, 6.45) is 6.36. The molecule has 4 aromatic heterocycles. The Balaban J connectivity index is 1.26. The average Bonchev–Trinajstić information content (AvgIpc) is 3.69. The second-order valence-corrected chi connectivity index (χ2v) is 10.4. The van der Waals surface area contributed by atoms with Gasteiger partial charge in [0.25, 0.3) is 0 Å². The summed E-state index contributed by atoms with van der Waals surface area (Å²) in [5.74, 6) is 0.841. The maximum Gasteiger partial charge on any atom is 0.173 e. The molecule has 10 heteroatoms. The van der Waals surface area contributed by atoms with Crippen LogP contribution in [0.5, 0.6) is 5.75 Å². The van der Waals surface area contributed by atoms with Crippen LogP contribution in [0.2, 0.25) is 0 Å². The first-order chi connectivity index (χ1) is 18.6. The molecule has 0 unspecified atom stereocenters. The van der Waals surface area contributed by atoms with Crippen LogP contribution in [0.3, 0.4) is 0 Å². The van der Waals surface area contributed by atoms with Crippen LogP contribution in [0.25, 0.3) is 38.9 Å². The number of aromatic nitrogens is 5. The zero-order valence-corrected chi connectivity index (χ0v) is 21.1. The molecule has 0 aliphatic carbocycles. The average molecular weight is 529 g/mol. The van der Waals surface area contributed by atoms with Crippen LogP contribution in [0.15, 0.2) is 61.1 Å². The van der Waals surface area contributed by atoms with E-state index in [0.717, 1.165) is 57.2 Å². The van der Waals surface area contributed by atoms with E-state index in [9.17, 15) is 8.78 Å². The van der Waals surface area contributed by atoms with Crippen molar-refractivity contribution in [2.45, 2.75) is 19.3 Å². The Morgan fingerprint density at radius 1 is 0.947 bits per heavy atom. The maximum absolute atomic E-state index is 14.5. The van der Waals surface area contributed by atoms with Crippen LogP contribution < -0.4 is 9.64 Å². The monoisotopic (exact) mass is 528 g/mol. The quantitative estimate of drug-likeness (QED) is 0.288. The largest absolute Gasteiger partial charge is 0.491 e. The molecule has 0 atom stereocenters. The molecule has 2 aliphatic heterocycles. The summed E-state index contributed by atoms with van der Waals surface area (Å²) in [5, 5.41) is 4.21. The highest BCUT2D eigenvalue weighted by molar-refractivity contribution is 7.16. The summed E-state index contributed by atoms with van der Waals surface area (Å²) < 4.78 is 35.4. The van der Waals surface area contributed by atoms with E-state index in [-0.39, 0.29) is 5.69 Å². The van der Waals surface area contributed by atoms with Crippen LogP contribution in [-0.2, 0) is 6.42 Å². The second-order valence-electron chi connectivity index (χ2n) is 9.28. The number of nitrogens with zero attached hydrogens (tertiary/aromatic N) is 6. The number of anilines is 1. The minimum atomic E-state index is -0.704. The van der Waals surface area contributed by atoms with Crippen molar-refractivity contribution in [3.63, 3.8) is 0 Å². The van der Waals surface area contributed by atoms with Gasteiger partial charge in [-0.2, -0.15) is 5.10 Å². The summed E-state index contributed by atoms with van der Waals surface area (Å²) in [5.41, 5.74) is 3.58. The topological polar surface area (TPSA) is 69.0 Å². The minimum Gasteiger partial charge on any atom is -0.491 e. The fourth-order valence-electron chi connectivity index (χ4n) is 5.01. The van der Waals surface area contributed by atoms with Gasteiger partial charge in [-0.05, 0) is 55.3 Å². The van der Waals surface area contributed by atoms with Gasteiger partial charge in [0.2, 0.25) is 0 Å². The number of rotatable bonds is 4. The predicted molar refractivity (Wildman–Crippen MR) is 142 cm³/mol. The van der Waals surface area contributed by atoms with E-state index in [1.54, 1.807) is 11.3 Å². The van der Waals surface area contributed by atoms with Crippen LogP contribution in [0, 0.1) is 11.6 Å². The van der Waals surface area contributed by atoms with E-state index in [4.69, 9.17) is 9.72 Å². The van der Waals surface area contributed by atoms with Gasteiger partial charge in [0.15, 0.2) is 11.6 Å². The third kappa shape index (κ3) is 4.01. The number of ether oxygens (including phenoxy) is 1. The van der Waals surface area contributed by atoms with E-state index in [1.807, 2.05) is 24.4 Å². The SMILES string of the molecule is Fc1ccc(-n2ncnc2-c2cc3c(s2)CCOc2ccc(-c4ccc(N5CCCC5)nc4)nc2-3)c(F)c1. The number of halogens is 2. The first-order valence-electron chi connectivity index (χ1n) is 12.5. The molecule has 0 bridgehead atoms. The Morgan fingerprint density at radius 2 is 1.84 bits per heavy atom. The highest BCUT2D eigenvalue weighted by atomic mass is 32.1. The Morgan fingerprint density at radius 3 is 2.66 bits per heavy atom. The number of hydrogen-bond donors (Lipinski definition) is 0. The predicted octanol–water partition coefficient (Wildman–Crippen LogP) is 5.93. The Bertz CT molecular complexity index is 1640. The van der Waals surface area contributed by atoms with Crippen molar-refractivity contribution in [2.24, 2.45) is 0 Å². The number of fused-ring (bicyclic) bond motifs is 3. The lowest BCUT2D eigenvalue weighted by atomic mass is 10.1. The van der Waals surface area contributed by atoms with Gasteiger partial charge in [0.05, 0.1) is 17.2 Å². The van der Waals surface area contributed by atoms with Crippen molar-refractivity contribution < 1.29 is 13.5 Å². The summed E-state index contributed by atoms with van der Waals surface area (Å²) >= 11 is 1.55. The van der Waals surface area contributed by atoms with Crippen LogP contribution >= 0.6 is 11.3 Å². The van der Waals surface area contributed by atoms with Gasteiger partial charge < -0.3 is 9.64 Å². The van der Waals surface area contributed by atoms with Gasteiger partial charge in [-0.3, -0.25) is 0 Å². The van der Waals surface area contributed by atoms with E-state index >= 15 is 0 Å². The molecule has 0 N–H and O–H groups in total. The van der Waals surface area contributed by atoms with Crippen molar-refractivity contribution in [1.29, 1.82) is 0 Å². The van der Waals surface area contributed by atoms with Crippen LogP contribution in [-0.4, -0.2) is 44.4 Å². The zero-order valence-electron chi connectivity index (χ0n) is 20.3. The Kier molecular flexibility index (Phi) is 5.61. The van der Waals surface area contributed by atoms with Gasteiger partial charge in [0, 0.05) is 47.8 Å². The molecule has 0 spiro atoms. The first-order valence-corrected chi connectivity index (χ1v) is 13.3. The van der Waals surface area contributed by atoms with Gasteiger partial charge in [-0.1, -0.05) is 0 Å².